The summed E-state index contributed by atoms with van der Waals surface area (Å²) in [5, 5.41) is 6.72. The van der Waals surface area contributed by atoms with Gasteiger partial charge in [-0.25, -0.2) is 0 Å². The molecule has 0 unspecified atom stereocenters. The molecule has 3 aliphatic rings. The molecule has 7 heteroatoms. The number of nitrogens with two attached hydrogens (primary N) is 1. The van der Waals surface area contributed by atoms with Crippen LogP contribution in [0, 0.1) is 5.92 Å². The zero-order valence-corrected chi connectivity index (χ0v) is 11.6. The summed E-state index contributed by atoms with van der Waals surface area (Å²) < 4.78 is 5.94. The maximum atomic E-state index is 5.94. The predicted octanol–water partition coefficient (Wildman–Crippen LogP) is 0.0497. The molecule has 1 aromatic heterocycles. The van der Waals surface area contributed by atoms with Gasteiger partial charge in [0.25, 0.3) is 0 Å². The maximum Gasteiger partial charge on any atom is 0.224 e. The Morgan fingerprint density at radius 3 is 2.85 bits per heavy atom. The Morgan fingerprint density at radius 1 is 1.35 bits per heavy atom. The van der Waals surface area contributed by atoms with Crippen molar-refractivity contribution in [2.75, 3.05) is 42.7 Å². The lowest BCUT2D eigenvalue weighted by molar-refractivity contribution is 0.268. The highest BCUT2D eigenvalue weighted by Crippen LogP contribution is 2.42. The van der Waals surface area contributed by atoms with E-state index in [0.717, 1.165) is 36.4 Å². The lowest BCUT2D eigenvalue weighted by Gasteiger charge is -2.41. The number of hydrogen-bond donors (Lipinski definition) is 3. The van der Waals surface area contributed by atoms with Gasteiger partial charge in [0.2, 0.25) is 11.7 Å². The highest BCUT2D eigenvalue weighted by Gasteiger charge is 2.38. The average Bonchev–Trinajstić information content (AvgIpc) is 3.20. The smallest absolute Gasteiger partial charge is 0.224 e. The van der Waals surface area contributed by atoms with Gasteiger partial charge in [0.05, 0.1) is 6.04 Å². The molecule has 2 aliphatic heterocycles. The molecular weight excluding hydrogens is 256 g/mol. The number of nitrogen functional groups attached to an aromatic ring is 1. The van der Waals surface area contributed by atoms with Crippen LogP contribution in [0.3, 0.4) is 0 Å². The number of hydrogen-bond acceptors (Lipinski definition) is 7. The molecule has 1 atom stereocenters. The highest BCUT2D eigenvalue weighted by molar-refractivity contribution is 5.69. The summed E-state index contributed by atoms with van der Waals surface area (Å²) in [6.07, 6.45) is 2.56. The Hall–Kier alpha value is -1.76. The molecular formula is C13H20N6O. The fraction of sp³-hybridized carbons (Fsp3) is 0.692. The maximum absolute atomic E-state index is 5.94. The molecule has 1 saturated heterocycles. The standard InChI is InChI=1S/C13H20N6O/c1-15-8-4-19(5-8)12-10-11(17-13(14)18-12)16-9(6-20-10)7-2-3-7/h7-9,15H,2-6H2,1H3,(H3,14,16,17,18)/t9-/m0/s1. The molecule has 2 fully saturated rings. The van der Waals surface area contributed by atoms with Crippen LogP contribution >= 0.6 is 0 Å². The number of rotatable bonds is 3. The van der Waals surface area contributed by atoms with Crippen LogP contribution in [0.2, 0.25) is 0 Å². The topological polar surface area (TPSA) is 88.3 Å². The van der Waals surface area contributed by atoms with Gasteiger partial charge in [-0.2, -0.15) is 9.97 Å². The van der Waals surface area contributed by atoms with Crippen LogP contribution in [0.4, 0.5) is 17.6 Å². The summed E-state index contributed by atoms with van der Waals surface area (Å²) in [5.74, 6) is 3.36. The monoisotopic (exact) mass is 276 g/mol. The van der Waals surface area contributed by atoms with Gasteiger partial charge in [-0.15, -0.1) is 0 Å². The fourth-order valence-electron chi connectivity index (χ4n) is 2.88. The van der Waals surface area contributed by atoms with Crippen LogP contribution < -0.4 is 26.0 Å². The van der Waals surface area contributed by atoms with Crippen LogP contribution in [0.15, 0.2) is 0 Å². The number of anilines is 3. The molecule has 1 aliphatic carbocycles. The van der Waals surface area contributed by atoms with E-state index in [4.69, 9.17) is 10.5 Å². The first-order valence-electron chi connectivity index (χ1n) is 7.23. The number of nitrogens with one attached hydrogen (secondary N) is 2. The van der Waals surface area contributed by atoms with E-state index in [1.54, 1.807) is 0 Å². The van der Waals surface area contributed by atoms with E-state index in [0.29, 0.717) is 24.6 Å². The molecule has 7 nitrogen and oxygen atoms in total. The number of ether oxygens (including phenoxy) is 1. The summed E-state index contributed by atoms with van der Waals surface area (Å²) in [7, 11) is 1.98. The van der Waals surface area contributed by atoms with Crippen LogP contribution in [-0.4, -0.2) is 48.8 Å². The SMILES string of the molecule is CNC1CN(c2nc(N)nc3c2OC[C@@H](C2CC2)N3)C1. The summed E-state index contributed by atoms with van der Waals surface area (Å²) >= 11 is 0. The molecule has 4 rings (SSSR count). The van der Waals surface area contributed by atoms with E-state index in [2.05, 4.69) is 25.5 Å². The van der Waals surface area contributed by atoms with E-state index in [1.807, 2.05) is 7.05 Å². The summed E-state index contributed by atoms with van der Waals surface area (Å²) in [5.41, 5.74) is 5.84. The lowest BCUT2D eigenvalue weighted by atomic mass is 10.1. The van der Waals surface area contributed by atoms with E-state index >= 15 is 0 Å². The average molecular weight is 276 g/mol. The zero-order chi connectivity index (χ0) is 13.7. The molecule has 108 valence electrons. The summed E-state index contributed by atoms with van der Waals surface area (Å²) in [6.45, 7) is 2.55. The highest BCUT2D eigenvalue weighted by atomic mass is 16.5. The van der Waals surface area contributed by atoms with Crippen molar-refractivity contribution in [1.29, 1.82) is 0 Å². The number of fused-ring (bicyclic) bond motifs is 1. The Labute approximate surface area is 117 Å². The van der Waals surface area contributed by atoms with Gasteiger partial charge in [-0.1, -0.05) is 0 Å². The molecule has 4 N–H and O–H groups in total. The third-order valence-corrected chi connectivity index (χ3v) is 4.37. The zero-order valence-electron chi connectivity index (χ0n) is 11.6. The normalized spacial score (nSPS) is 25.4. The van der Waals surface area contributed by atoms with Crippen molar-refractivity contribution < 1.29 is 4.74 Å². The molecule has 0 bridgehead atoms. The third-order valence-electron chi connectivity index (χ3n) is 4.37. The molecule has 0 spiro atoms. The quantitative estimate of drug-likeness (QED) is 0.719. The second-order valence-corrected chi connectivity index (χ2v) is 5.87. The van der Waals surface area contributed by atoms with Crippen molar-refractivity contribution in [1.82, 2.24) is 15.3 Å². The Balaban J connectivity index is 1.60. The summed E-state index contributed by atoms with van der Waals surface area (Å²) in [4.78, 5) is 10.8. The van der Waals surface area contributed by atoms with Gasteiger partial charge in [-0.3, -0.25) is 0 Å². The lowest BCUT2D eigenvalue weighted by Crippen LogP contribution is -2.57. The minimum atomic E-state index is 0.305. The van der Waals surface area contributed by atoms with Crippen molar-refractivity contribution in [2.24, 2.45) is 5.92 Å². The van der Waals surface area contributed by atoms with Gasteiger partial charge in [0, 0.05) is 19.1 Å². The molecule has 3 heterocycles. The van der Waals surface area contributed by atoms with Crippen LogP contribution in [0.1, 0.15) is 12.8 Å². The molecule has 1 saturated carbocycles. The van der Waals surface area contributed by atoms with Crippen molar-refractivity contribution in [3.05, 3.63) is 0 Å². The van der Waals surface area contributed by atoms with Crippen molar-refractivity contribution in [3.8, 4) is 5.75 Å². The first-order chi connectivity index (χ1) is 9.74. The second kappa shape index (κ2) is 4.37. The first-order valence-corrected chi connectivity index (χ1v) is 7.23. The van der Waals surface area contributed by atoms with Crippen molar-refractivity contribution in [2.45, 2.75) is 24.9 Å². The van der Waals surface area contributed by atoms with E-state index in [-0.39, 0.29) is 0 Å². The van der Waals surface area contributed by atoms with E-state index < -0.39 is 0 Å². The number of likely N-dealkylation sites (N-methyl/N-ethyl adjacent to an activating group) is 1. The molecule has 0 aromatic carbocycles. The molecule has 0 amide bonds. The second-order valence-electron chi connectivity index (χ2n) is 5.87. The Kier molecular flexibility index (Phi) is 2.63. The van der Waals surface area contributed by atoms with Crippen LogP contribution in [0.25, 0.3) is 0 Å². The van der Waals surface area contributed by atoms with Gasteiger partial charge < -0.3 is 26.0 Å². The van der Waals surface area contributed by atoms with Gasteiger partial charge in [0.1, 0.15) is 6.61 Å². The fourth-order valence-corrected chi connectivity index (χ4v) is 2.88. The largest absolute Gasteiger partial charge is 0.484 e. The first kappa shape index (κ1) is 12.0. The minimum absolute atomic E-state index is 0.305. The van der Waals surface area contributed by atoms with Gasteiger partial charge >= 0.3 is 0 Å². The van der Waals surface area contributed by atoms with Crippen molar-refractivity contribution >= 4 is 17.6 Å². The Morgan fingerprint density at radius 2 is 2.15 bits per heavy atom. The molecule has 20 heavy (non-hydrogen) atoms. The predicted molar refractivity (Wildman–Crippen MR) is 77.1 cm³/mol. The number of aromatic nitrogens is 2. The number of nitrogens with zero attached hydrogens (tertiary/aromatic N) is 3. The molecule has 0 radical (unpaired) electrons. The van der Waals surface area contributed by atoms with E-state index in [1.165, 1.54) is 12.8 Å². The van der Waals surface area contributed by atoms with E-state index in [9.17, 15) is 0 Å². The third kappa shape index (κ3) is 1.93. The van der Waals surface area contributed by atoms with Gasteiger partial charge in [-0.05, 0) is 25.8 Å². The summed E-state index contributed by atoms with van der Waals surface area (Å²) in [6, 6.07) is 0.878. The minimum Gasteiger partial charge on any atom is -0.484 e. The Bertz CT molecular complexity index is 526. The van der Waals surface area contributed by atoms with Crippen molar-refractivity contribution in [3.63, 3.8) is 0 Å². The van der Waals surface area contributed by atoms with Crippen LogP contribution in [0.5, 0.6) is 5.75 Å². The molecule has 1 aromatic rings. The van der Waals surface area contributed by atoms with Gasteiger partial charge in [0.15, 0.2) is 11.6 Å². The van der Waals surface area contributed by atoms with Crippen LogP contribution in [-0.2, 0) is 0 Å².